The summed E-state index contributed by atoms with van der Waals surface area (Å²) in [5, 5.41) is 5.25. The summed E-state index contributed by atoms with van der Waals surface area (Å²) in [6, 6.07) is 65.1. The second-order valence-corrected chi connectivity index (χ2v) is 16.7. The summed E-state index contributed by atoms with van der Waals surface area (Å²) >= 11 is 0. The third-order valence-corrected chi connectivity index (χ3v) is 13.7. The topological polar surface area (TPSA) is 0 Å². The third kappa shape index (κ3) is 5.81. The van der Waals surface area contributed by atoms with Gasteiger partial charge in [-0.25, -0.2) is 0 Å². The molecule has 1 fully saturated rings. The van der Waals surface area contributed by atoms with Gasteiger partial charge in [0.25, 0.3) is 0 Å². The molecule has 0 amide bonds. The molecule has 0 radical (unpaired) electrons. The van der Waals surface area contributed by atoms with E-state index in [9.17, 15) is 0 Å². The second kappa shape index (κ2) is 14.3. The predicted octanol–water partition coefficient (Wildman–Crippen LogP) is 15.7. The summed E-state index contributed by atoms with van der Waals surface area (Å²) < 4.78 is 0. The highest BCUT2D eigenvalue weighted by atomic mass is 14.6. The van der Waals surface area contributed by atoms with Crippen molar-refractivity contribution < 1.29 is 0 Å². The fraction of sp³-hybridized carbons (Fsp3) is 0.119. The number of hydrogen-bond acceptors (Lipinski definition) is 0. The number of allylic oxidation sites excluding steroid dienone is 4. The molecule has 0 N–H and O–H groups in total. The first-order valence-corrected chi connectivity index (χ1v) is 21.3. The maximum Gasteiger partial charge on any atom is 0.0240 e. The normalized spacial score (nSPS) is 18.8. The van der Waals surface area contributed by atoms with E-state index in [0.717, 1.165) is 24.8 Å². The van der Waals surface area contributed by atoms with Gasteiger partial charge in [0.1, 0.15) is 0 Å². The molecule has 0 nitrogen and oxygen atoms in total. The van der Waals surface area contributed by atoms with Gasteiger partial charge in [-0.05, 0) is 125 Å². The van der Waals surface area contributed by atoms with Crippen LogP contribution < -0.4 is 0 Å². The summed E-state index contributed by atoms with van der Waals surface area (Å²) in [5.74, 6) is 0.538. The smallest absolute Gasteiger partial charge is 0.0240 e. The maximum absolute atomic E-state index is 4.61. The van der Waals surface area contributed by atoms with Gasteiger partial charge >= 0.3 is 0 Å². The Labute approximate surface area is 348 Å². The molecule has 11 rings (SSSR count). The van der Waals surface area contributed by atoms with Crippen molar-refractivity contribution in [2.75, 3.05) is 0 Å². The van der Waals surface area contributed by atoms with E-state index in [0.29, 0.717) is 5.92 Å². The Hall–Kier alpha value is -6.76. The quantitative estimate of drug-likeness (QED) is 0.107. The van der Waals surface area contributed by atoms with Crippen molar-refractivity contribution in [1.82, 2.24) is 0 Å². The highest BCUT2D eigenvalue weighted by Crippen LogP contribution is 2.63. The molecule has 3 atom stereocenters. The van der Waals surface area contributed by atoms with Crippen molar-refractivity contribution in [3.8, 4) is 22.3 Å². The average Bonchev–Trinajstić information content (AvgIpc) is 4.00. The maximum atomic E-state index is 4.61. The lowest BCUT2D eigenvalue weighted by Crippen LogP contribution is -2.13. The highest BCUT2D eigenvalue weighted by molar-refractivity contribution is 6.18. The number of benzene rings is 8. The molecule has 3 unspecified atom stereocenters. The molecule has 0 saturated heterocycles. The largest absolute Gasteiger partial charge is 0.0949 e. The van der Waals surface area contributed by atoms with Crippen molar-refractivity contribution in [2.24, 2.45) is 5.92 Å². The molecule has 8 aromatic rings. The first-order valence-electron chi connectivity index (χ1n) is 21.3. The molecule has 1 saturated carbocycles. The van der Waals surface area contributed by atoms with E-state index in [1.807, 2.05) is 0 Å². The molecule has 3 aliphatic rings. The van der Waals surface area contributed by atoms with Crippen molar-refractivity contribution in [3.63, 3.8) is 0 Å². The Kier molecular flexibility index (Phi) is 8.56. The Morgan fingerprint density at radius 1 is 0.593 bits per heavy atom. The van der Waals surface area contributed by atoms with Crippen LogP contribution in [0.3, 0.4) is 0 Å². The lowest BCUT2D eigenvalue weighted by molar-refractivity contribution is 0.605. The van der Waals surface area contributed by atoms with E-state index in [4.69, 9.17) is 0 Å². The van der Waals surface area contributed by atoms with Gasteiger partial charge in [-0.3, -0.25) is 0 Å². The summed E-state index contributed by atoms with van der Waals surface area (Å²) in [5.41, 5.74) is 18.6. The molecule has 59 heavy (non-hydrogen) atoms. The van der Waals surface area contributed by atoms with Crippen LogP contribution in [0.5, 0.6) is 0 Å². The van der Waals surface area contributed by atoms with Crippen molar-refractivity contribution in [2.45, 2.75) is 37.5 Å². The van der Waals surface area contributed by atoms with Crippen LogP contribution in [0.4, 0.5) is 0 Å². The van der Waals surface area contributed by atoms with Crippen LogP contribution in [0.25, 0.3) is 67.1 Å². The molecule has 0 spiro atoms. The summed E-state index contributed by atoms with van der Waals surface area (Å²) in [6.07, 6.45) is 13.0. The van der Waals surface area contributed by atoms with Gasteiger partial charge in [-0.2, -0.15) is 0 Å². The van der Waals surface area contributed by atoms with Crippen LogP contribution in [0.1, 0.15) is 71.0 Å². The van der Waals surface area contributed by atoms with Crippen LogP contribution in [0, 0.1) is 5.92 Å². The van der Waals surface area contributed by atoms with Gasteiger partial charge in [0.2, 0.25) is 0 Å². The molecule has 282 valence electrons. The summed E-state index contributed by atoms with van der Waals surface area (Å²) in [7, 11) is 0. The van der Waals surface area contributed by atoms with E-state index in [1.165, 1.54) is 93.9 Å². The Morgan fingerprint density at radius 2 is 1.15 bits per heavy atom. The molecule has 3 aliphatic carbocycles. The second-order valence-electron chi connectivity index (χ2n) is 16.7. The molecule has 0 aliphatic heterocycles. The highest BCUT2D eigenvalue weighted by Gasteiger charge is 2.56. The van der Waals surface area contributed by atoms with Gasteiger partial charge in [-0.15, -0.1) is 0 Å². The fourth-order valence-corrected chi connectivity index (χ4v) is 10.7. The lowest BCUT2D eigenvalue weighted by atomic mass is 9.79. The van der Waals surface area contributed by atoms with Gasteiger partial charge < -0.3 is 0 Å². The van der Waals surface area contributed by atoms with Gasteiger partial charge in [0.15, 0.2) is 0 Å². The van der Waals surface area contributed by atoms with Crippen LogP contribution in [-0.2, 0) is 5.41 Å². The zero-order valence-corrected chi connectivity index (χ0v) is 33.5. The Morgan fingerprint density at radius 3 is 1.83 bits per heavy atom. The fourth-order valence-electron chi connectivity index (χ4n) is 10.7. The summed E-state index contributed by atoms with van der Waals surface area (Å²) in [6.45, 7) is 7.01. The van der Waals surface area contributed by atoms with Crippen molar-refractivity contribution >= 4 is 44.8 Å². The zero-order chi connectivity index (χ0) is 39.5. The molecule has 0 bridgehead atoms. The van der Waals surface area contributed by atoms with Gasteiger partial charge in [0.05, 0.1) is 0 Å². The lowest BCUT2D eigenvalue weighted by Gasteiger charge is -2.25. The SMILES string of the molecule is C=C(C/C=C(/C1C=Cc2c(c3ccccc3c3ccccc23)-c2ccccc21)C1CC1(CC)c1ccc(C=C2c3ccccc3-c3ccccc32)cc1)c1ccccc1. The number of hydrogen-bond donors (Lipinski definition) is 0. The van der Waals surface area contributed by atoms with E-state index in [1.54, 1.807) is 0 Å². The van der Waals surface area contributed by atoms with Crippen LogP contribution in [0.2, 0.25) is 0 Å². The molecule has 0 heteroatoms. The monoisotopic (exact) mass is 754 g/mol. The van der Waals surface area contributed by atoms with Crippen LogP contribution in [0.15, 0.2) is 200 Å². The van der Waals surface area contributed by atoms with Gasteiger partial charge in [-0.1, -0.05) is 213 Å². The Balaban J connectivity index is 1.01. The molecule has 8 aromatic carbocycles. The minimum Gasteiger partial charge on any atom is -0.0949 e. The van der Waals surface area contributed by atoms with Crippen LogP contribution >= 0.6 is 0 Å². The van der Waals surface area contributed by atoms with E-state index in [-0.39, 0.29) is 11.3 Å². The first kappa shape index (κ1) is 35.4. The van der Waals surface area contributed by atoms with E-state index >= 15 is 0 Å². The molecular weight excluding hydrogens is 709 g/mol. The van der Waals surface area contributed by atoms with Gasteiger partial charge in [0, 0.05) is 11.3 Å². The van der Waals surface area contributed by atoms with Crippen molar-refractivity contribution in [1.29, 1.82) is 0 Å². The minimum absolute atomic E-state index is 0.0689. The predicted molar refractivity (Wildman–Crippen MR) is 252 cm³/mol. The zero-order valence-electron chi connectivity index (χ0n) is 33.5. The van der Waals surface area contributed by atoms with Crippen LogP contribution in [-0.4, -0.2) is 0 Å². The van der Waals surface area contributed by atoms with E-state index in [2.05, 4.69) is 214 Å². The average molecular weight is 755 g/mol. The Bertz CT molecular complexity index is 3000. The molecule has 0 aromatic heterocycles. The first-order chi connectivity index (χ1) is 29.1. The minimum atomic E-state index is 0.0689. The molecular formula is C59H46. The number of rotatable bonds is 8. The van der Waals surface area contributed by atoms with Crippen molar-refractivity contribution in [3.05, 3.63) is 239 Å². The van der Waals surface area contributed by atoms with E-state index < -0.39 is 0 Å². The number of fused-ring (bicyclic) bond motifs is 11. The standard InChI is InChI=1S/C59H46/c1-3-59(42-32-30-40(31-33-42)37-56-49-25-11-8-19-43(49)44-20-9-12-26-50(44)56)38-57(59)52(34-29-39(2)41-17-5-4-6-18-41)51-35-36-55-47-23-10-7-21-45(47)46-22-13-15-27-53(46)58(55)54-28-16-14-24-48(51)54/h4-28,30-37,51,57H,2-3,29,38H2,1H3/b52-34-. The summed E-state index contributed by atoms with van der Waals surface area (Å²) in [4.78, 5) is 0. The third-order valence-electron chi connectivity index (χ3n) is 13.7. The molecule has 0 heterocycles.